The summed E-state index contributed by atoms with van der Waals surface area (Å²) in [5.41, 5.74) is 15.1. The number of benzene rings is 7. The zero-order valence-corrected chi connectivity index (χ0v) is 31.1. The third-order valence-electron chi connectivity index (χ3n) is 13.9. The van der Waals surface area contributed by atoms with Crippen LogP contribution in [0.15, 0.2) is 164 Å². The highest BCUT2D eigenvalue weighted by atomic mass is 32.1. The van der Waals surface area contributed by atoms with Gasteiger partial charge in [-0.15, -0.1) is 11.3 Å². The van der Waals surface area contributed by atoms with Gasteiger partial charge in [0.1, 0.15) is 0 Å². The average Bonchev–Trinajstić information content (AvgIpc) is 3.74. The number of nitrogens with zero attached hydrogens (tertiary/aromatic N) is 1. The summed E-state index contributed by atoms with van der Waals surface area (Å²) in [7, 11) is 0. The largest absolute Gasteiger partial charge is 0.310 e. The summed E-state index contributed by atoms with van der Waals surface area (Å²) in [5.74, 6) is 3.48. The van der Waals surface area contributed by atoms with Crippen LogP contribution in [0.3, 0.4) is 0 Å². The Morgan fingerprint density at radius 3 is 1.78 bits per heavy atom. The fourth-order valence-electron chi connectivity index (χ4n) is 12.0. The van der Waals surface area contributed by atoms with Crippen molar-refractivity contribution in [3.63, 3.8) is 0 Å². The van der Waals surface area contributed by atoms with E-state index in [0.29, 0.717) is 0 Å². The maximum Gasteiger partial charge on any atom is 0.0468 e. The Hall–Kier alpha value is -5.44. The molecule has 0 radical (unpaired) electrons. The van der Waals surface area contributed by atoms with E-state index in [0.717, 1.165) is 35.0 Å². The zero-order valence-electron chi connectivity index (χ0n) is 30.3. The molecule has 54 heavy (non-hydrogen) atoms. The van der Waals surface area contributed by atoms with Gasteiger partial charge in [-0.05, 0) is 149 Å². The van der Waals surface area contributed by atoms with Crippen molar-refractivity contribution in [2.75, 3.05) is 4.90 Å². The second kappa shape index (κ2) is 11.8. The van der Waals surface area contributed by atoms with Crippen LogP contribution in [-0.4, -0.2) is 0 Å². The molecule has 0 amide bonds. The Morgan fingerprint density at radius 1 is 0.426 bits per heavy atom. The van der Waals surface area contributed by atoms with E-state index in [-0.39, 0.29) is 5.41 Å². The predicted molar refractivity (Wildman–Crippen MR) is 228 cm³/mol. The van der Waals surface area contributed by atoms with E-state index in [1.165, 1.54) is 91.3 Å². The maximum atomic E-state index is 2.51. The second-order valence-electron chi connectivity index (χ2n) is 16.5. The minimum absolute atomic E-state index is 0.202. The van der Waals surface area contributed by atoms with Gasteiger partial charge in [0, 0.05) is 42.6 Å². The maximum absolute atomic E-state index is 2.51. The van der Waals surface area contributed by atoms with Gasteiger partial charge in [0.25, 0.3) is 0 Å². The normalized spacial score (nSPS) is 23.3. The first-order valence-corrected chi connectivity index (χ1v) is 20.7. The van der Waals surface area contributed by atoms with Crippen LogP contribution in [-0.2, 0) is 5.41 Å². The highest BCUT2D eigenvalue weighted by Gasteiger charge is 2.61. The van der Waals surface area contributed by atoms with Crippen LogP contribution in [0, 0.1) is 23.7 Å². The molecule has 0 aliphatic heterocycles. The van der Waals surface area contributed by atoms with Crippen molar-refractivity contribution in [2.45, 2.75) is 37.5 Å². The van der Waals surface area contributed by atoms with Crippen LogP contribution in [0.5, 0.6) is 0 Å². The van der Waals surface area contributed by atoms with Crippen LogP contribution in [0.25, 0.3) is 53.6 Å². The summed E-state index contributed by atoms with van der Waals surface area (Å²) in [6.07, 6.45) is 7.16. The third-order valence-corrected chi connectivity index (χ3v) is 15.0. The van der Waals surface area contributed by atoms with E-state index in [1.807, 2.05) is 11.3 Å². The Morgan fingerprint density at radius 2 is 1.00 bits per heavy atom. The molecule has 4 bridgehead atoms. The van der Waals surface area contributed by atoms with E-state index < -0.39 is 0 Å². The van der Waals surface area contributed by atoms with E-state index in [1.54, 1.807) is 11.1 Å². The number of rotatable bonds is 5. The lowest BCUT2D eigenvalue weighted by atomic mass is 9.43. The number of anilines is 3. The summed E-state index contributed by atoms with van der Waals surface area (Å²) in [6, 6.07) is 61.6. The Labute approximate surface area is 321 Å². The molecule has 2 heteroatoms. The lowest BCUT2D eigenvalue weighted by Gasteiger charge is -2.61. The van der Waals surface area contributed by atoms with Crippen molar-refractivity contribution in [2.24, 2.45) is 23.7 Å². The van der Waals surface area contributed by atoms with Gasteiger partial charge in [-0.2, -0.15) is 0 Å². The number of para-hydroxylation sites is 1. The highest BCUT2D eigenvalue weighted by Crippen LogP contribution is 2.70. The summed E-state index contributed by atoms with van der Waals surface area (Å²) in [4.78, 5) is 2.38. The van der Waals surface area contributed by atoms with Gasteiger partial charge in [-0.25, -0.2) is 0 Å². The predicted octanol–water partition coefficient (Wildman–Crippen LogP) is 14.6. The number of hydrogen-bond acceptors (Lipinski definition) is 2. The minimum atomic E-state index is 0.202. The van der Waals surface area contributed by atoms with Gasteiger partial charge >= 0.3 is 0 Å². The molecule has 0 N–H and O–H groups in total. The van der Waals surface area contributed by atoms with Gasteiger partial charge in [-0.3, -0.25) is 0 Å². The van der Waals surface area contributed by atoms with Crippen LogP contribution >= 0.6 is 11.3 Å². The van der Waals surface area contributed by atoms with E-state index in [9.17, 15) is 0 Å². The minimum Gasteiger partial charge on any atom is -0.310 e. The first kappa shape index (κ1) is 31.0. The molecule has 1 aromatic heterocycles. The van der Waals surface area contributed by atoms with Crippen molar-refractivity contribution < 1.29 is 0 Å². The average molecular weight is 712 g/mol. The molecular formula is C52H41NS. The number of fused-ring (bicyclic) bond motifs is 6. The number of thiophene rings is 1. The van der Waals surface area contributed by atoms with Gasteiger partial charge in [-0.1, -0.05) is 115 Å². The molecule has 4 fully saturated rings. The Bertz CT molecular complexity index is 2690. The molecule has 4 saturated carbocycles. The number of hydrogen-bond donors (Lipinski definition) is 0. The fraction of sp³-hybridized carbons (Fsp3) is 0.192. The van der Waals surface area contributed by atoms with Crippen molar-refractivity contribution >= 4 is 48.6 Å². The topological polar surface area (TPSA) is 3.24 Å². The van der Waals surface area contributed by atoms with Gasteiger partial charge in [0.2, 0.25) is 0 Å². The molecule has 7 aromatic carbocycles. The molecule has 5 aliphatic rings. The molecular weight excluding hydrogens is 671 g/mol. The first-order valence-electron chi connectivity index (χ1n) is 19.9. The first-order chi connectivity index (χ1) is 26.7. The molecule has 0 atom stereocenters. The van der Waals surface area contributed by atoms with Gasteiger partial charge in [0.15, 0.2) is 0 Å². The Kier molecular flexibility index (Phi) is 6.75. The van der Waals surface area contributed by atoms with Gasteiger partial charge < -0.3 is 4.90 Å². The second-order valence-corrected chi connectivity index (χ2v) is 17.6. The molecule has 0 unspecified atom stereocenters. The smallest absolute Gasteiger partial charge is 0.0468 e. The quantitative estimate of drug-likeness (QED) is 0.172. The molecule has 13 rings (SSSR count). The van der Waals surface area contributed by atoms with Crippen molar-refractivity contribution in [3.05, 3.63) is 175 Å². The monoisotopic (exact) mass is 711 g/mol. The van der Waals surface area contributed by atoms with E-state index in [2.05, 4.69) is 169 Å². The molecule has 0 saturated heterocycles. The lowest BCUT2D eigenvalue weighted by molar-refractivity contribution is -0.0399. The van der Waals surface area contributed by atoms with E-state index >= 15 is 0 Å². The summed E-state index contributed by atoms with van der Waals surface area (Å²) in [5, 5.41) is 2.63. The molecule has 1 heterocycles. The molecule has 260 valence electrons. The van der Waals surface area contributed by atoms with Crippen LogP contribution in [0.1, 0.15) is 43.2 Å². The van der Waals surface area contributed by atoms with Crippen molar-refractivity contribution in [1.29, 1.82) is 0 Å². The van der Waals surface area contributed by atoms with E-state index in [4.69, 9.17) is 0 Å². The van der Waals surface area contributed by atoms with Crippen molar-refractivity contribution in [1.82, 2.24) is 0 Å². The van der Waals surface area contributed by atoms with Gasteiger partial charge in [0.05, 0.1) is 0 Å². The summed E-state index contributed by atoms with van der Waals surface area (Å²) >= 11 is 1.87. The summed E-state index contributed by atoms with van der Waals surface area (Å²) in [6.45, 7) is 0. The summed E-state index contributed by atoms with van der Waals surface area (Å²) < 4.78 is 2.66. The zero-order chi connectivity index (χ0) is 35.4. The fourth-order valence-corrected chi connectivity index (χ4v) is 13.1. The van der Waals surface area contributed by atoms with Crippen LogP contribution < -0.4 is 4.90 Å². The third kappa shape index (κ3) is 4.44. The lowest BCUT2D eigenvalue weighted by Crippen LogP contribution is -2.55. The SMILES string of the molecule is c1ccc(N(c2ccc(-c3ccc(-c4cccc5c4-c4ccccc4C54C5CC6CC(C5)CC4C6)cc3)cc2)c2ccc3sc4ccccc4c3c2)cc1. The van der Waals surface area contributed by atoms with Crippen LogP contribution in [0.4, 0.5) is 17.1 Å². The van der Waals surface area contributed by atoms with Crippen LogP contribution in [0.2, 0.25) is 0 Å². The molecule has 8 aromatic rings. The molecule has 5 aliphatic carbocycles. The highest BCUT2D eigenvalue weighted by molar-refractivity contribution is 7.25. The Balaban J connectivity index is 0.898. The molecule has 1 spiro atoms. The standard InChI is InChI=1S/C52H41NS/c1-2-9-40(10-3-1)53(42-25-26-50-46(32-42)44-11-5-7-16-49(44)54-50)41-23-21-36(22-24-41)35-17-19-37(20-18-35)43-13-8-15-48-51(43)45-12-4-6-14-47(45)52(48)38-28-33-27-34(30-38)31-39(52)29-33/h1-26,32-34,38-39H,27-31H2. The van der Waals surface area contributed by atoms with Crippen molar-refractivity contribution in [3.8, 4) is 33.4 Å². The molecule has 1 nitrogen and oxygen atoms in total.